The fraction of sp³-hybridized carbons (Fsp3) is 0.348. The third kappa shape index (κ3) is 4.36. The Hall–Kier alpha value is -2.80. The predicted molar refractivity (Wildman–Crippen MR) is 119 cm³/mol. The molecule has 2 aliphatic heterocycles. The molecule has 2 aliphatic rings. The van der Waals surface area contributed by atoms with E-state index >= 15 is 0 Å². The van der Waals surface area contributed by atoms with Gasteiger partial charge in [0.15, 0.2) is 5.25 Å². The number of likely N-dealkylation sites (tertiary alicyclic amines) is 1. The van der Waals surface area contributed by atoms with Gasteiger partial charge in [-0.15, -0.1) is 11.8 Å². The lowest BCUT2D eigenvalue weighted by Crippen LogP contribution is -2.52. The highest BCUT2D eigenvalue weighted by atomic mass is 32.2. The monoisotopic (exact) mass is 423 g/mol. The predicted octanol–water partition coefficient (Wildman–Crippen LogP) is 3.45. The molecule has 3 amide bonds. The molecule has 0 aromatic heterocycles. The van der Waals surface area contributed by atoms with E-state index in [1.54, 1.807) is 4.90 Å². The fourth-order valence-corrected chi connectivity index (χ4v) is 5.07. The second kappa shape index (κ2) is 8.92. The van der Waals surface area contributed by atoms with Crippen LogP contribution in [0.4, 0.5) is 11.4 Å². The number of nitrogens with one attached hydrogen (secondary N) is 1. The largest absolute Gasteiger partial charge is 0.341 e. The zero-order valence-corrected chi connectivity index (χ0v) is 17.8. The van der Waals surface area contributed by atoms with Crippen molar-refractivity contribution in [1.29, 1.82) is 0 Å². The number of hydrogen-bond acceptors (Lipinski definition) is 4. The Bertz CT molecular complexity index is 972. The highest BCUT2D eigenvalue weighted by molar-refractivity contribution is 8.01. The number of aryl methyl sites for hydroxylation is 1. The zero-order valence-electron chi connectivity index (χ0n) is 17.0. The maximum atomic E-state index is 13.3. The van der Waals surface area contributed by atoms with E-state index in [0.29, 0.717) is 24.5 Å². The van der Waals surface area contributed by atoms with Gasteiger partial charge in [-0.3, -0.25) is 14.4 Å². The number of anilines is 2. The van der Waals surface area contributed by atoms with Crippen LogP contribution >= 0.6 is 11.8 Å². The number of para-hydroxylation sites is 1. The molecule has 30 heavy (non-hydrogen) atoms. The Kier molecular flexibility index (Phi) is 6.08. The number of benzene rings is 2. The van der Waals surface area contributed by atoms with Gasteiger partial charge in [-0.25, -0.2) is 0 Å². The number of piperidine rings is 1. The molecule has 156 valence electrons. The number of nitrogens with zero attached hydrogens (tertiary/aromatic N) is 2. The third-order valence-electron chi connectivity index (χ3n) is 5.39. The van der Waals surface area contributed by atoms with Gasteiger partial charge >= 0.3 is 0 Å². The van der Waals surface area contributed by atoms with Crippen molar-refractivity contribution in [3.8, 4) is 0 Å². The summed E-state index contributed by atoms with van der Waals surface area (Å²) < 4.78 is 0. The Labute approximate surface area is 180 Å². The molecule has 0 aliphatic carbocycles. The number of thioether (sulfide) groups is 1. The summed E-state index contributed by atoms with van der Waals surface area (Å²) in [6.07, 6.45) is 3.05. The SMILES string of the molecule is Cc1cccc(NC(=O)CN2C(=O)[C@@H](C(=O)N3CCCCC3)Sc3ccccc32)c1. The first-order valence-corrected chi connectivity index (χ1v) is 11.1. The summed E-state index contributed by atoms with van der Waals surface area (Å²) >= 11 is 1.29. The van der Waals surface area contributed by atoms with Crippen LogP contribution in [0.2, 0.25) is 0 Å². The lowest BCUT2D eigenvalue weighted by Gasteiger charge is -2.36. The molecule has 1 saturated heterocycles. The summed E-state index contributed by atoms with van der Waals surface area (Å²) in [4.78, 5) is 43.2. The van der Waals surface area contributed by atoms with Crippen LogP contribution in [0, 0.1) is 6.92 Å². The number of amides is 3. The van der Waals surface area contributed by atoms with Gasteiger partial charge in [0.2, 0.25) is 11.8 Å². The van der Waals surface area contributed by atoms with Crippen LogP contribution in [0.1, 0.15) is 24.8 Å². The summed E-state index contributed by atoms with van der Waals surface area (Å²) in [6.45, 7) is 3.21. The molecular weight excluding hydrogens is 398 g/mol. The molecule has 1 fully saturated rings. The van der Waals surface area contributed by atoms with Crippen LogP contribution < -0.4 is 10.2 Å². The van der Waals surface area contributed by atoms with Crippen LogP contribution in [-0.4, -0.2) is 47.5 Å². The van der Waals surface area contributed by atoms with Gasteiger partial charge in [0.1, 0.15) is 6.54 Å². The number of fused-ring (bicyclic) bond motifs is 1. The van der Waals surface area contributed by atoms with Crippen molar-refractivity contribution in [2.45, 2.75) is 36.3 Å². The topological polar surface area (TPSA) is 69.7 Å². The van der Waals surface area contributed by atoms with Crippen molar-refractivity contribution < 1.29 is 14.4 Å². The maximum Gasteiger partial charge on any atom is 0.250 e. The third-order valence-corrected chi connectivity index (χ3v) is 6.62. The molecule has 2 heterocycles. The van der Waals surface area contributed by atoms with Crippen LogP contribution in [0.25, 0.3) is 0 Å². The maximum absolute atomic E-state index is 13.3. The minimum atomic E-state index is -0.843. The van der Waals surface area contributed by atoms with Gasteiger partial charge in [0.25, 0.3) is 5.91 Å². The summed E-state index contributed by atoms with van der Waals surface area (Å²) in [5.74, 6) is -0.767. The molecule has 0 unspecified atom stereocenters. The average molecular weight is 424 g/mol. The molecule has 4 rings (SSSR count). The van der Waals surface area contributed by atoms with E-state index in [-0.39, 0.29) is 24.3 Å². The van der Waals surface area contributed by atoms with Crippen LogP contribution in [0.3, 0.4) is 0 Å². The Morgan fingerprint density at radius 2 is 1.83 bits per heavy atom. The summed E-state index contributed by atoms with van der Waals surface area (Å²) in [5.41, 5.74) is 2.40. The highest BCUT2D eigenvalue weighted by Gasteiger charge is 2.40. The molecule has 1 N–H and O–H groups in total. The second-order valence-corrected chi connectivity index (χ2v) is 8.84. The first-order chi connectivity index (χ1) is 14.5. The average Bonchev–Trinajstić information content (AvgIpc) is 2.75. The van der Waals surface area contributed by atoms with Gasteiger partial charge in [0.05, 0.1) is 5.69 Å². The molecule has 0 spiro atoms. The van der Waals surface area contributed by atoms with E-state index in [1.807, 2.05) is 55.5 Å². The van der Waals surface area contributed by atoms with Gasteiger partial charge in [-0.05, 0) is 56.0 Å². The van der Waals surface area contributed by atoms with Crippen molar-refractivity contribution in [2.75, 3.05) is 29.9 Å². The number of carbonyl (C=O) groups is 3. The first kappa shape index (κ1) is 20.5. The van der Waals surface area contributed by atoms with Crippen molar-refractivity contribution in [3.05, 3.63) is 54.1 Å². The summed E-state index contributed by atoms with van der Waals surface area (Å²) in [6, 6.07) is 15.0. The minimum absolute atomic E-state index is 0.131. The van der Waals surface area contributed by atoms with E-state index < -0.39 is 5.25 Å². The molecule has 7 heteroatoms. The van der Waals surface area contributed by atoms with E-state index in [1.165, 1.54) is 16.7 Å². The van der Waals surface area contributed by atoms with E-state index in [0.717, 1.165) is 29.7 Å². The first-order valence-electron chi connectivity index (χ1n) is 10.3. The van der Waals surface area contributed by atoms with Crippen molar-refractivity contribution in [3.63, 3.8) is 0 Å². The number of hydrogen-bond donors (Lipinski definition) is 1. The fourth-order valence-electron chi connectivity index (χ4n) is 3.88. The molecule has 0 radical (unpaired) electrons. The van der Waals surface area contributed by atoms with Gasteiger partial charge < -0.3 is 15.1 Å². The number of carbonyl (C=O) groups excluding carboxylic acids is 3. The zero-order chi connectivity index (χ0) is 21.1. The molecule has 6 nitrogen and oxygen atoms in total. The van der Waals surface area contributed by atoms with Crippen molar-refractivity contribution in [2.24, 2.45) is 0 Å². The standard InChI is InChI=1S/C23H25N3O3S/c1-16-8-7-9-17(14-16)24-20(27)15-26-18-10-3-4-11-19(18)30-21(23(26)29)22(28)25-12-5-2-6-13-25/h3-4,7-11,14,21H,2,5-6,12-13,15H2,1H3,(H,24,27)/t21-/m1/s1. The molecule has 2 aromatic carbocycles. The molecule has 0 bridgehead atoms. The molecular formula is C23H25N3O3S. The lowest BCUT2D eigenvalue weighted by atomic mass is 10.1. The smallest absolute Gasteiger partial charge is 0.250 e. The van der Waals surface area contributed by atoms with Gasteiger partial charge in [0, 0.05) is 23.7 Å². The summed E-state index contributed by atoms with van der Waals surface area (Å²) in [7, 11) is 0. The van der Waals surface area contributed by atoms with Crippen LogP contribution in [0.5, 0.6) is 0 Å². The van der Waals surface area contributed by atoms with E-state index in [2.05, 4.69) is 5.32 Å². The Morgan fingerprint density at radius 1 is 1.07 bits per heavy atom. The molecule has 2 aromatic rings. The van der Waals surface area contributed by atoms with Gasteiger partial charge in [-0.2, -0.15) is 0 Å². The highest BCUT2D eigenvalue weighted by Crippen LogP contribution is 2.39. The van der Waals surface area contributed by atoms with Gasteiger partial charge in [-0.1, -0.05) is 24.3 Å². The second-order valence-electron chi connectivity index (χ2n) is 7.69. The van der Waals surface area contributed by atoms with Crippen molar-refractivity contribution >= 4 is 40.9 Å². The number of rotatable bonds is 4. The van der Waals surface area contributed by atoms with Crippen molar-refractivity contribution in [1.82, 2.24) is 4.90 Å². The summed E-state index contributed by atoms with van der Waals surface area (Å²) in [5, 5.41) is 2.01. The quantitative estimate of drug-likeness (QED) is 0.765. The van der Waals surface area contributed by atoms with Crippen LogP contribution in [0.15, 0.2) is 53.4 Å². The van der Waals surface area contributed by atoms with E-state index in [4.69, 9.17) is 0 Å². The molecule has 1 atom stereocenters. The van der Waals surface area contributed by atoms with Crippen LogP contribution in [-0.2, 0) is 14.4 Å². The van der Waals surface area contributed by atoms with E-state index in [9.17, 15) is 14.4 Å². The lowest BCUT2D eigenvalue weighted by molar-refractivity contribution is -0.135. The normalized spacial score (nSPS) is 18.7. The molecule has 0 saturated carbocycles. The minimum Gasteiger partial charge on any atom is -0.341 e. The Balaban J connectivity index is 1.55. The Morgan fingerprint density at radius 3 is 2.60 bits per heavy atom.